The third-order valence-electron chi connectivity index (χ3n) is 5.91. The number of rotatable bonds is 6. The molecule has 1 aromatic carbocycles. The van der Waals surface area contributed by atoms with Crippen molar-refractivity contribution in [2.45, 2.75) is 44.4 Å². The first kappa shape index (κ1) is 20.7. The second-order valence-electron chi connectivity index (χ2n) is 7.82. The molecule has 1 saturated carbocycles. The van der Waals surface area contributed by atoms with Crippen LogP contribution in [0.15, 0.2) is 28.7 Å². The summed E-state index contributed by atoms with van der Waals surface area (Å²) in [4.78, 5) is 14.7. The highest BCUT2D eigenvalue weighted by atomic mass is 79.9. The molecule has 3 nitrogen and oxygen atoms in total. The van der Waals surface area contributed by atoms with Gasteiger partial charge in [-0.3, -0.25) is 4.79 Å². The van der Waals surface area contributed by atoms with Crippen LogP contribution >= 0.6 is 28.3 Å². The summed E-state index contributed by atoms with van der Waals surface area (Å²) in [5, 5.41) is 3.46. The van der Waals surface area contributed by atoms with Gasteiger partial charge in [0.15, 0.2) is 0 Å². The molecular formula is C20H30BrClN2O. The molecule has 3 rings (SSSR count). The smallest absolute Gasteiger partial charge is 0.222 e. The number of nitrogens with one attached hydrogen (secondary N) is 1. The maximum Gasteiger partial charge on any atom is 0.222 e. The van der Waals surface area contributed by atoms with Gasteiger partial charge in [-0.15, -0.1) is 12.4 Å². The highest BCUT2D eigenvalue weighted by Crippen LogP contribution is 2.48. The van der Waals surface area contributed by atoms with Crippen LogP contribution in [0.5, 0.6) is 0 Å². The van der Waals surface area contributed by atoms with E-state index in [2.05, 4.69) is 52.4 Å². The number of hydrogen-bond acceptors (Lipinski definition) is 2. The van der Waals surface area contributed by atoms with Crippen LogP contribution in [-0.4, -0.2) is 37.5 Å². The lowest BCUT2D eigenvalue weighted by Gasteiger charge is -2.30. The van der Waals surface area contributed by atoms with Gasteiger partial charge < -0.3 is 10.2 Å². The van der Waals surface area contributed by atoms with Crippen molar-refractivity contribution in [3.63, 3.8) is 0 Å². The first-order valence-electron chi connectivity index (χ1n) is 9.21. The Morgan fingerprint density at radius 1 is 1.36 bits per heavy atom. The summed E-state index contributed by atoms with van der Waals surface area (Å²) in [7, 11) is 1.98. The molecule has 5 heteroatoms. The van der Waals surface area contributed by atoms with Crippen molar-refractivity contribution < 1.29 is 4.79 Å². The maximum absolute atomic E-state index is 12.7. The maximum atomic E-state index is 12.7. The molecule has 1 saturated heterocycles. The number of carbonyl (C=O) groups is 1. The Morgan fingerprint density at radius 2 is 2.04 bits per heavy atom. The summed E-state index contributed by atoms with van der Waals surface area (Å²) in [5.41, 5.74) is 1.57. The third-order valence-corrected chi connectivity index (χ3v) is 6.44. The number of hydrogen-bond donors (Lipinski definition) is 1. The van der Waals surface area contributed by atoms with Crippen LogP contribution in [0.3, 0.4) is 0 Å². The van der Waals surface area contributed by atoms with Gasteiger partial charge in [-0.25, -0.2) is 0 Å². The minimum absolute atomic E-state index is 0. The van der Waals surface area contributed by atoms with Crippen molar-refractivity contribution in [1.29, 1.82) is 0 Å². The molecule has 1 N–H and O–H groups in total. The SMILES string of the molecule is CC(CC(=O)N(C)CC1(c2ccc(Br)cc2)CC1)C1CCCNC1.Cl. The predicted molar refractivity (Wildman–Crippen MR) is 109 cm³/mol. The number of amides is 1. The summed E-state index contributed by atoms with van der Waals surface area (Å²) in [5.74, 6) is 1.42. The molecule has 0 aromatic heterocycles. The van der Waals surface area contributed by atoms with E-state index in [9.17, 15) is 4.79 Å². The van der Waals surface area contributed by atoms with Crippen LogP contribution in [0.25, 0.3) is 0 Å². The van der Waals surface area contributed by atoms with Crippen LogP contribution in [0.2, 0.25) is 0 Å². The van der Waals surface area contributed by atoms with Gasteiger partial charge in [0.1, 0.15) is 0 Å². The number of nitrogens with zero attached hydrogens (tertiary/aromatic N) is 1. The van der Waals surface area contributed by atoms with Gasteiger partial charge in [0.05, 0.1) is 0 Å². The first-order valence-corrected chi connectivity index (χ1v) is 10.0. The van der Waals surface area contributed by atoms with Crippen molar-refractivity contribution in [2.24, 2.45) is 11.8 Å². The van der Waals surface area contributed by atoms with Gasteiger partial charge >= 0.3 is 0 Å². The molecular weight excluding hydrogens is 400 g/mol. The monoisotopic (exact) mass is 428 g/mol. The summed E-state index contributed by atoms with van der Waals surface area (Å²) in [6.07, 6.45) is 5.56. The van der Waals surface area contributed by atoms with E-state index in [0.29, 0.717) is 24.2 Å². The largest absolute Gasteiger partial charge is 0.345 e. The number of halogens is 2. The molecule has 0 spiro atoms. The summed E-state index contributed by atoms with van der Waals surface area (Å²) in [6, 6.07) is 8.61. The van der Waals surface area contributed by atoms with Gasteiger partial charge in [-0.05, 0) is 68.3 Å². The quantitative estimate of drug-likeness (QED) is 0.727. The van der Waals surface area contributed by atoms with E-state index in [4.69, 9.17) is 0 Å². The lowest BCUT2D eigenvalue weighted by molar-refractivity contribution is -0.131. The van der Waals surface area contributed by atoms with Crippen LogP contribution in [-0.2, 0) is 10.2 Å². The zero-order chi connectivity index (χ0) is 17.2. The zero-order valence-electron chi connectivity index (χ0n) is 15.3. The lowest BCUT2D eigenvalue weighted by Crippen LogP contribution is -2.38. The molecule has 1 amide bonds. The molecule has 1 aliphatic heterocycles. The van der Waals surface area contributed by atoms with Gasteiger partial charge in [0.25, 0.3) is 0 Å². The molecule has 2 atom stereocenters. The molecule has 140 valence electrons. The number of likely N-dealkylation sites (N-methyl/N-ethyl adjacent to an activating group) is 1. The molecule has 2 aliphatic rings. The Kier molecular flexibility index (Phi) is 7.36. The van der Waals surface area contributed by atoms with E-state index in [1.807, 2.05) is 11.9 Å². The fraction of sp³-hybridized carbons (Fsp3) is 0.650. The fourth-order valence-corrected chi connectivity index (χ4v) is 4.26. The normalized spacial score (nSPS) is 22.6. The van der Waals surface area contributed by atoms with Crippen LogP contribution in [0.4, 0.5) is 0 Å². The molecule has 1 aromatic rings. The molecule has 0 bridgehead atoms. The Balaban J connectivity index is 0.00000225. The molecule has 1 aliphatic carbocycles. The standard InChI is InChI=1S/C20H29BrN2O.ClH/c1-15(16-4-3-11-22-13-16)12-19(24)23(2)14-20(9-10-20)17-5-7-18(21)8-6-17;/h5-8,15-16,22H,3-4,9-14H2,1-2H3;1H. The van der Waals surface area contributed by atoms with Crippen molar-refractivity contribution in [2.75, 3.05) is 26.7 Å². The van der Waals surface area contributed by atoms with Gasteiger partial charge in [-0.2, -0.15) is 0 Å². The fourth-order valence-electron chi connectivity index (χ4n) is 4.00. The van der Waals surface area contributed by atoms with E-state index in [0.717, 1.165) is 24.1 Å². The highest BCUT2D eigenvalue weighted by molar-refractivity contribution is 9.10. The summed E-state index contributed by atoms with van der Waals surface area (Å²) in [6.45, 7) is 5.29. The van der Waals surface area contributed by atoms with E-state index >= 15 is 0 Å². The third kappa shape index (κ3) is 5.21. The second-order valence-corrected chi connectivity index (χ2v) is 8.74. The van der Waals surface area contributed by atoms with E-state index in [-0.39, 0.29) is 17.8 Å². The van der Waals surface area contributed by atoms with Crippen molar-refractivity contribution in [3.8, 4) is 0 Å². The van der Waals surface area contributed by atoms with Crippen molar-refractivity contribution in [3.05, 3.63) is 34.3 Å². The Labute approximate surface area is 166 Å². The van der Waals surface area contributed by atoms with Gasteiger partial charge in [-0.1, -0.05) is 35.0 Å². The summed E-state index contributed by atoms with van der Waals surface area (Å²) >= 11 is 3.50. The van der Waals surface area contributed by atoms with E-state index in [1.54, 1.807) is 0 Å². The highest BCUT2D eigenvalue weighted by Gasteiger charge is 2.45. The first-order chi connectivity index (χ1) is 11.5. The molecule has 25 heavy (non-hydrogen) atoms. The van der Waals surface area contributed by atoms with Gasteiger partial charge in [0, 0.05) is 29.9 Å². The molecule has 2 fully saturated rings. The van der Waals surface area contributed by atoms with Crippen molar-refractivity contribution >= 4 is 34.2 Å². The summed E-state index contributed by atoms with van der Waals surface area (Å²) < 4.78 is 1.11. The molecule has 0 radical (unpaired) electrons. The topological polar surface area (TPSA) is 32.3 Å². The average molecular weight is 430 g/mol. The minimum Gasteiger partial charge on any atom is -0.345 e. The van der Waals surface area contributed by atoms with Crippen LogP contribution in [0, 0.1) is 11.8 Å². The molecule has 1 heterocycles. The predicted octanol–water partition coefficient (Wildman–Crippen LogP) is 4.39. The Morgan fingerprint density at radius 3 is 2.60 bits per heavy atom. The number of carbonyl (C=O) groups excluding carboxylic acids is 1. The van der Waals surface area contributed by atoms with Gasteiger partial charge in [0.2, 0.25) is 5.91 Å². The zero-order valence-corrected chi connectivity index (χ0v) is 17.7. The lowest BCUT2D eigenvalue weighted by atomic mass is 9.85. The average Bonchev–Trinajstić information content (AvgIpc) is 3.36. The van der Waals surface area contributed by atoms with Crippen LogP contribution in [0.1, 0.15) is 44.6 Å². The second kappa shape index (κ2) is 8.88. The minimum atomic E-state index is 0. The molecule has 2 unspecified atom stereocenters. The van der Waals surface area contributed by atoms with E-state index < -0.39 is 0 Å². The van der Waals surface area contributed by atoms with Crippen LogP contribution < -0.4 is 5.32 Å². The number of benzene rings is 1. The van der Waals surface area contributed by atoms with Crippen molar-refractivity contribution in [1.82, 2.24) is 10.2 Å². The van der Waals surface area contributed by atoms with E-state index in [1.165, 1.54) is 31.2 Å². The number of piperidine rings is 1. The Bertz CT molecular complexity index is 568. The Hall–Kier alpha value is -0.580.